The minimum Gasteiger partial charge on any atom is -0.496 e. The van der Waals surface area contributed by atoms with Gasteiger partial charge in [0.1, 0.15) is 5.75 Å². The summed E-state index contributed by atoms with van der Waals surface area (Å²) in [6.07, 6.45) is 0. The van der Waals surface area contributed by atoms with Crippen LogP contribution in [-0.2, 0) is 6.54 Å². The van der Waals surface area contributed by atoms with Gasteiger partial charge in [-0.1, -0.05) is 17.7 Å². The second-order valence-corrected chi connectivity index (χ2v) is 5.52. The monoisotopic (exact) mass is 325 g/mol. The molecule has 0 atom stereocenters. The van der Waals surface area contributed by atoms with Crippen LogP contribution in [0.5, 0.6) is 5.75 Å². The molecule has 0 fully saturated rings. The molecule has 0 aliphatic rings. The number of carbonyl (C=O) groups is 1. The summed E-state index contributed by atoms with van der Waals surface area (Å²) in [6.45, 7) is 4.42. The van der Waals surface area contributed by atoms with Gasteiger partial charge < -0.3 is 9.30 Å². The molecule has 0 bridgehead atoms. The standard InChI is InChI=1S/C16H17Cl2NO2/c1-10-7-12(15(20)8-17)11(2)19(10)9-13-14(18)5-4-6-16(13)21-3/h4-7H,8-9H2,1-3H3. The Morgan fingerprint density at radius 2 is 2.05 bits per heavy atom. The molecular formula is C16H17Cl2NO2. The maximum absolute atomic E-state index is 11.8. The number of rotatable bonds is 5. The van der Waals surface area contributed by atoms with Crippen LogP contribution in [0.2, 0.25) is 5.02 Å². The predicted molar refractivity (Wildman–Crippen MR) is 86.1 cm³/mol. The number of ether oxygens (including phenoxy) is 1. The number of hydrogen-bond acceptors (Lipinski definition) is 2. The summed E-state index contributed by atoms with van der Waals surface area (Å²) in [5.74, 6) is 0.655. The van der Waals surface area contributed by atoms with E-state index in [1.807, 2.05) is 42.7 Å². The molecule has 0 amide bonds. The Morgan fingerprint density at radius 1 is 1.33 bits per heavy atom. The molecule has 2 rings (SSSR count). The summed E-state index contributed by atoms with van der Waals surface area (Å²) in [5, 5.41) is 0.645. The normalized spacial score (nSPS) is 10.7. The highest BCUT2D eigenvalue weighted by molar-refractivity contribution is 6.31. The third-order valence-electron chi connectivity index (χ3n) is 3.61. The smallest absolute Gasteiger partial charge is 0.179 e. The first kappa shape index (κ1) is 15.9. The Hall–Kier alpha value is -1.45. The highest BCUT2D eigenvalue weighted by Crippen LogP contribution is 2.29. The van der Waals surface area contributed by atoms with Gasteiger partial charge in [-0.05, 0) is 32.0 Å². The van der Waals surface area contributed by atoms with Crippen molar-refractivity contribution in [3.05, 3.63) is 51.8 Å². The third-order valence-corrected chi connectivity index (χ3v) is 4.20. The van der Waals surface area contributed by atoms with E-state index in [4.69, 9.17) is 27.9 Å². The Bertz CT molecular complexity index is 677. The lowest BCUT2D eigenvalue weighted by atomic mass is 10.1. The minimum absolute atomic E-state index is 0.0142. The molecule has 0 saturated carbocycles. The van der Waals surface area contributed by atoms with Crippen molar-refractivity contribution in [1.29, 1.82) is 0 Å². The number of aromatic nitrogens is 1. The molecule has 1 heterocycles. The van der Waals surface area contributed by atoms with Crippen molar-refractivity contribution in [3.8, 4) is 5.75 Å². The van der Waals surface area contributed by atoms with Crippen LogP contribution >= 0.6 is 23.2 Å². The maximum Gasteiger partial charge on any atom is 0.179 e. The number of nitrogens with zero attached hydrogens (tertiary/aromatic N) is 1. The molecule has 3 nitrogen and oxygen atoms in total. The summed E-state index contributed by atoms with van der Waals surface area (Å²) < 4.78 is 7.41. The van der Waals surface area contributed by atoms with Gasteiger partial charge in [0, 0.05) is 27.5 Å². The van der Waals surface area contributed by atoms with E-state index in [1.54, 1.807) is 7.11 Å². The molecule has 0 spiro atoms. The van der Waals surface area contributed by atoms with Crippen LogP contribution < -0.4 is 4.74 Å². The number of halogens is 2. The topological polar surface area (TPSA) is 31.2 Å². The zero-order valence-electron chi connectivity index (χ0n) is 12.2. The van der Waals surface area contributed by atoms with Crippen molar-refractivity contribution in [2.45, 2.75) is 20.4 Å². The summed E-state index contributed by atoms with van der Waals surface area (Å²) in [6, 6.07) is 7.42. The molecule has 0 aliphatic carbocycles. The summed E-state index contributed by atoms with van der Waals surface area (Å²) in [5.41, 5.74) is 3.44. The summed E-state index contributed by atoms with van der Waals surface area (Å²) in [7, 11) is 1.62. The van der Waals surface area contributed by atoms with Crippen LogP contribution in [0.15, 0.2) is 24.3 Å². The van der Waals surface area contributed by atoms with E-state index in [2.05, 4.69) is 0 Å². The molecule has 0 N–H and O–H groups in total. The summed E-state index contributed by atoms with van der Waals surface area (Å²) in [4.78, 5) is 11.8. The van der Waals surface area contributed by atoms with Gasteiger partial charge in [0.25, 0.3) is 0 Å². The van der Waals surface area contributed by atoms with Gasteiger partial charge in [-0.2, -0.15) is 0 Å². The van der Waals surface area contributed by atoms with Crippen LogP contribution in [0, 0.1) is 13.8 Å². The van der Waals surface area contributed by atoms with E-state index in [-0.39, 0.29) is 11.7 Å². The van der Waals surface area contributed by atoms with Gasteiger partial charge in [0.05, 0.1) is 19.5 Å². The fourth-order valence-corrected chi connectivity index (χ4v) is 2.81. The molecule has 0 saturated heterocycles. The van der Waals surface area contributed by atoms with Gasteiger partial charge in [0.15, 0.2) is 5.78 Å². The number of benzene rings is 1. The molecule has 0 radical (unpaired) electrons. The molecule has 2 aromatic rings. The van der Waals surface area contributed by atoms with Crippen molar-refractivity contribution in [3.63, 3.8) is 0 Å². The number of hydrogen-bond donors (Lipinski definition) is 0. The number of methoxy groups -OCH3 is 1. The highest BCUT2D eigenvalue weighted by atomic mass is 35.5. The summed E-state index contributed by atoms with van der Waals surface area (Å²) >= 11 is 11.9. The van der Waals surface area contributed by atoms with Crippen LogP contribution in [0.1, 0.15) is 27.3 Å². The first-order valence-electron chi connectivity index (χ1n) is 6.56. The Balaban J connectivity index is 2.46. The average Bonchev–Trinajstić information content (AvgIpc) is 2.76. The first-order chi connectivity index (χ1) is 9.99. The van der Waals surface area contributed by atoms with Gasteiger partial charge in [0.2, 0.25) is 0 Å². The average molecular weight is 326 g/mol. The molecule has 1 aromatic heterocycles. The number of alkyl halides is 1. The van der Waals surface area contributed by atoms with Gasteiger partial charge in [-0.15, -0.1) is 11.6 Å². The van der Waals surface area contributed by atoms with E-state index >= 15 is 0 Å². The Morgan fingerprint density at radius 3 is 2.67 bits per heavy atom. The van der Waals surface area contributed by atoms with Gasteiger partial charge in [-0.25, -0.2) is 0 Å². The number of aryl methyl sites for hydroxylation is 1. The van der Waals surface area contributed by atoms with E-state index < -0.39 is 0 Å². The lowest BCUT2D eigenvalue weighted by molar-refractivity contribution is 0.102. The van der Waals surface area contributed by atoms with Gasteiger partial charge in [-0.3, -0.25) is 4.79 Å². The van der Waals surface area contributed by atoms with Crippen LogP contribution in [0.4, 0.5) is 0 Å². The van der Waals surface area contributed by atoms with Crippen molar-refractivity contribution in [2.75, 3.05) is 13.0 Å². The lowest BCUT2D eigenvalue weighted by Gasteiger charge is -2.14. The van der Waals surface area contributed by atoms with E-state index in [1.165, 1.54) is 0 Å². The zero-order valence-corrected chi connectivity index (χ0v) is 13.8. The van der Waals surface area contributed by atoms with Gasteiger partial charge >= 0.3 is 0 Å². The van der Waals surface area contributed by atoms with E-state index in [0.717, 1.165) is 22.7 Å². The van der Waals surface area contributed by atoms with E-state index in [9.17, 15) is 4.79 Å². The molecular weight excluding hydrogens is 309 g/mol. The molecule has 1 aromatic carbocycles. The minimum atomic E-state index is -0.0675. The van der Waals surface area contributed by atoms with Crippen LogP contribution in [0.3, 0.4) is 0 Å². The quantitative estimate of drug-likeness (QED) is 0.608. The van der Waals surface area contributed by atoms with Crippen molar-refractivity contribution in [2.24, 2.45) is 0 Å². The van der Waals surface area contributed by atoms with Crippen LogP contribution in [-0.4, -0.2) is 23.3 Å². The van der Waals surface area contributed by atoms with Crippen LogP contribution in [0.25, 0.3) is 0 Å². The molecule has 21 heavy (non-hydrogen) atoms. The molecule has 0 aliphatic heterocycles. The number of carbonyl (C=O) groups excluding carboxylic acids is 1. The van der Waals surface area contributed by atoms with E-state index in [0.29, 0.717) is 17.1 Å². The number of ketones is 1. The second kappa shape index (κ2) is 6.54. The van der Waals surface area contributed by atoms with Crippen molar-refractivity contribution >= 4 is 29.0 Å². The SMILES string of the molecule is COc1cccc(Cl)c1Cn1c(C)cc(C(=O)CCl)c1C. The lowest BCUT2D eigenvalue weighted by Crippen LogP contribution is -2.08. The van der Waals surface area contributed by atoms with Crippen molar-refractivity contribution in [1.82, 2.24) is 4.57 Å². The zero-order chi connectivity index (χ0) is 15.6. The largest absolute Gasteiger partial charge is 0.496 e. The fraction of sp³-hybridized carbons (Fsp3) is 0.312. The predicted octanol–water partition coefficient (Wildman–Crippen LogP) is 4.24. The first-order valence-corrected chi connectivity index (χ1v) is 7.48. The highest BCUT2D eigenvalue weighted by Gasteiger charge is 2.17. The fourth-order valence-electron chi connectivity index (χ4n) is 2.44. The Kier molecular flexibility index (Phi) is 4.96. The molecule has 112 valence electrons. The van der Waals surface area contributed by atoms with Crippen molar-refractivity contribution < 1.29 is 9.53 Å². The Labute approximate surface area is 134 Å². The second-order valence-electron chi connectivity index (χ2n) is 4.85. The third kappa shape index (κ3) is 3.09. The molecule has 5 heteroatoms. The number of Topliss-reactive ketones (excluding diaryl/α,β-unsaturated/α-hetero) is 1. The maximum atomic E-state index is 11.8. The molecule has 0 unspecified atom stereocenters.